The van der Waals surface area contributed by atoms with Crippen LogP contribution in [0.2, 0.25) is 0 Å². The normalized spacial score (nSPS) is 15.7. The van der Waals surface area contributed by atoms with E-state index in [4.69, 9.17) is 4.78 Å². The Labute approximate surface area is 80.0 Å². The second-order valence-electron chi connectivity index (χ2n) is 3.46. The van der Waals surface area contributed by atoms with Crippen molar-refractivity contribution in [3.05, 3.63) is 29.8 Å². The van der Waals surface area contributed by atoms with Crippen LogP contribution in [0.5, 0.6) is 0 Å². The fourth-order valence-corrected chi connectivity index (χ4v) is 2.10. The fraction of sp³-hybridized carbons (Fsp3) is 0.400. The summed E-state index contributed by atoms with van der Waals surface area (Å²) in [6.45, 7) is 5.61. The molecule has 1 unspecified atom stereocenters. The maximum atomic E-state index is 11.9. The van der Waals surface area contributed by atoms with E-state index in [1.165, 1.54) is 0 Å². The van der Waals surface area contributed by atoms with Gasteiger partial charge < -0.3 is 0 Å². The Balaban J connectivity index is 3.17. The largest absolute Gasteiger partial charge is 0.249 e. The zero-order valence-electron chi connectivity index (χ0n) is 8.20. The fourth-order valence-electron chi connectivity index (χ4n) is 1.01. The van der Waals surface area contributed by atoms with E-state index in [0.29, 0.717) is 4.90 Å². The topological polar surface area (TPSA) is 40.9 Å². The molecule has 1 aromatic carbocycles. The van der Waals surface area contributed by atoms with E-state index in [-0.39, 0.29) is 5.25 Å². The zero-order valence-corrected chi connectivity index (χ0v) is 9.02. The summed E-state index contributed by atoms with van der Waals surface area (Å²) in [5.74, 6) is 0. The molecule has 0 aliphatic heterocycles. The molecule has 2 nitrogen and oxygen atoms in total. The molecule has 13 heavy (non-hydrogen) atoms. The summed E-state index contributed by atoms with van der Waals surface area (Å²) < 4.78 is 19.6. The van der Waals surface area contributed by atoms with Gasteiger partial charge in [-0.3, -0.25) is 0 Å². The maximum absolute atomic E-state index is 11.9. The van der Waals surface area contributed by atoms with Gasteiger partial charge in [0.25, 0.3) is 0 Å². The van der Waals surface area contributed by atoms with Gasteiger partial charge in [0.2, 0.25) is 0 Å². The molecule has 1 atom stereocenters. The quantitative estimate of drug-likeness (QED) is 0.778. The number of hydrogen-bond acceptors (Lipinski definition) is 2. The van der Waals surface area contributed by atoms with Crippen LogP contribution in [0.1, 0.15) is 19.4 Å². The number of hydrogen-bond donors (Lipinski definition) is 1. The van der Waals surface area contributed by atoms with Crippen LogP contribution in [0.4, 0.5) is 0 Å². The van der Waals surface area contributed by atoms with Crippen LogP contribution in [0.15, 0.2) is 29.2 Å². The molecule has 0 heterocycles. The Hall–Kier alpha value is -0.830. The molecule has 0 spiro atoms. The molecule has 0 bridgehead atoms. The monoisotopic (exact) mass is 197 g/mol. The molecule has 0 aromatic heterocycles. The van der Waals surface area contributed by atoms with Crippen molar-refractivity contribution in [2.45, 2.75) is 30.9 Å². The second-order valence-corrected chi connectivity index (χ2v) is 6.08. The van der Waals surface area contributed by atoms with E-state index >= 15 is 0 Å². The summed E-state index contributed by atoms with van der Waals surface area (Å²) in [5.41, 5.74) is 1.13. The van der Waals surface area contributed by atoms with Crippen LogP contribution in [-0.2, 0) is 9.73 Å². The van der Waals surface area contributed by atoms with Gasteiger partial charge in [0.1, 0.15) is 0 Å². The van der Waals surface area contributed by atoms with E-state index in [0.717, 1.165) is 5.56 Å². The Morgan fingerprint density at radius 2 is 1.69 bits per heavy atom. The first-order valence-electron chi connectivity index (χ1n) is 4.29. The molecule has 0 saturated carbocycles. The molecule has 0 amide bonds. The summed E-state index contributed by atoms with van der Waals surface area (Å²) in [5, 5.41) is -0.129. The molecule has 72 valence electrons. The van der Waals surface area contributed by atoms with Crippen LogP contribution in [0.25, 0.3) is 0 Å². The molecular formula is C10H15NOS. The highest BCUT2D eigenvalue weighted by Crippen LogP contribution is 2.16. The highest BCUT2D eigenvalue weighted by molar-refractivity contribution is 7.93. The standard InChI is InChI=1S/C10H15NOS/c1-8(2)13(11,12)10-6-4-9(3)5-7-10/h4-8,11H,1-3H3. The summed E-state index contributed by atoms with van der Waals surface area (Å²) in [6.07, 6.45) is 0. The van der Waals surface area contributed by atoms with E-state index in [1.807, 2.05) is 32.9 Å². The lowest BCUT2D eigenvalue weighted by Gasteiger charge is -2.10. The van der Waals surface area contributed by atoms with Crippen LogP contribution < -0.4 is 0 Å². The Morgan fingerprint density at radius 1 is 1.23 bits per heavy atom. The van der Waals surface area contributed by atoms with Crippen molar-refractivity contribution in [2.24, 2.45) is 0 Å². The first-order valence-corrected chi connectivity index (χ1v) is 5.91. The van der Waals surface area contributed by atoms with Crippen molar-refractivity contribution in [1.29, 1.82) is 4.78 Å². The van der Waals surface area contributed by atoms with E-state index in [1.54, 1.807) is 12.1 Å². The summed E-state index contributed by atoms with van der Waals surface area (Å²) >= 11 is 0. The molecule has 0 fully saturated rings. The number of rotatable bonds is 2. The highest BCUT2D eigenvalue weighted by atomic mass is 32.2. The average molecular weight is 197 g/mol. The van der Waals surface area contributed by atoms with Crippen LogP contribution in [-0.4, -0.2) is 9.46 Å². The minimum absolute atomic E-state index is 0.129. The first kappa shape index (κ1) is 10.3. The van der Waals surface area contributed by atoms with Gasteiger partial charge in [0, 0.05) is 10.1 Å². The van der Waals surface area contributed by atoms with Crippen LogP contribution >= 0.6 is 0 Å². The van der Waals surface area contributed by atoms with E-state index < -0.39 is 9.73 Å². The van der Waals surface area contributed by atoms with Crippen molar-refractivity contribution in [3.8, 4) is 0 Å². The molecular weight excluding hydrogens is 182 g/mol. The van der Waals surface area contributed by atoms with Gasteiger partial charge in [0.05, 0.1) is 9.73 Å². The van der Waals surface area contributed by atoms with Gasteiger partial charge in [-0.25, -0.2) is 8.99 Å². The Morgan fingerprint density at radius 3 is 2.08 bits per heavy atom. The predicted molar refractivity (Wildman–Crippen MR) is 55.4 cm³/mol. The van der Waals surface area contributed by atoms with Crippen molar-refractivity contribution in [1.82, 2.24) is 0 Å². The first-order chi connectivity index (χ1) is 5.94. The summed E-state index contributed by atoms with van der Waals surface area (Å²) in [7, 11) is -2.59. The minimum atomic E-state index is -2.59. The van der Waals surface area contributed by atoms with Crippen LogP contribution in [0, 0.1) is 11.7 Å². The maximum Gasteiger partial charge on any atom is 0.0749 e. The molecule has 1 rings (SSSR count). The Kier molecular flexibility index (Phi) is 2.76. The molecule has 0 aliphatic rings. The summed E-state index contributed by atoms with van der Waals surface area (Å²) in [4.78, 5) is 0.633. The third kappa shape index (κ3) is 2.10. The molecule has 1 N–H and O–H groups in total. The SMILES string of the molecule is Cc1ccc(S(=N)(=O)C(C)C)cc1. The van der Waals surface area contributed by atoms with E-state index in [2.05, 4.69) is 0 Å². The Bertz CT molecular complexity index is 376. The molecule has 0 saturated heterocycles. The van der Waals surface area contributed by atoms with Gasteiger partial charge in [-0.2, -0.15) is 0 Å². The van der Waals surface area contributed by atoms with Gasteiger partial charge in [-0.05, 0) is 32.9 Å². The predicted octanol–water partition coefficient (Wildman–Crippen LogP) is 2.81. The third-order valence-electron chi connectivity index (χ3n) is 2.03. The molecule has 1 aromatic rings. The van der Waals surface area contributed by atoms with Crippen molar-refractivity contribution in [2.75, 3.05) is 0 Å². The van der Waals surface area contributed by atoms with E-state index in [9.17, 15) is 4.21 Å². The van der Waals surface area contributed by atoms with Gasteiger partial charge in [-0.1, -0.05) is 17.7 Å². The molecule has 3 heteroatoms. The molecule has 0 radical (unpaired) electrons. The van der Waals surface area contributed by atoms with Crippen molar-refractivity contribution >= 4 is 9.73 Å². The number of aryl methyl sites for hydroxylation is 1. The lowest BCUT2D eigenvalue weighted by molar-refractivity contribution is 0.667. The number of benzene rings is 1. The van der Waals surface area contributed by atoms with Crippen LogP contribution in [0.3, 0.4) is 0 Å². The smallest absolute Gasteiger partial charge is 0.0749 e. The zero-order chi connectivity index (χ0) is 10.1. The summed E-state index contributed by atoms with van der Waals surface area (Å²) in [6, 6.07) is 7.35. The lowest BCUT2D eigenvalue weighted by Crippen LogP contribution is -2.12. The molecule has 0 aliphatic carbocycles. The van der Waals surface area contributed by atoms with Crippen molar-refractivity contribution in [3.63, 3.8) is 0 Å². The minimum Gasteiger partial charge on any atom is -0.249 e. The number of nitrogens with one attached hydrogen (secondary N) is 1. The second kappa shape index (κ2) is 3.50. The highest BCUT2D eigenvalue weighted by Gasteiger charge is 2.13. The average Bonchev–Trinajstić information content (AvgIpc) is 2.04. The van der Waals surface area contributed by atoms with Gasteiger partial charge >= 0.3 is 0 Å². The lowest BCUT2D eigenvalue weighted by atomic mass is 10.2. The third-order valence-corrected chi connectivity index (χ3v) is 4.34. The van der Waals surface area contributed by atoms with Gasteiger partial charge in [0.15, 0.2) is 0 Å². The van der Waals surface area contributed by atoms with Gasteiger partial charge in [-0.15, -0.1) is 0 Å². The van der Waals surface area contributed by atoms with Crippen molar-refractivity contribution < 1.29 is 4.21 Å².